The third-order valence-corrected chi connectivity index (χ3v) is 3.82. The lowest BCUT2D eigenvalue weighted by Crippen LogP contribution is -2.31. The van der Waals surface area contributed by atoms with Crippen molar-refractivity contribution < 1.29 is 18.8 Å². The van der Waals surface area contributed by atoms with Crippen molar-refractivity contribution in [3.63, 3.8) is 0 Å². The lowest BCUT2D eigenvalue weighted by molar-refractivity contribution is 0.0600. The Kier molecular flexibility index (Phi) is 5.23. The number of esters is 1. The van der Waals surface area contributed by atoms with Crippen molar-refractivity contribution in [2.24, 2.45) is 0 Å². The highest BCUT2D eigenvalue weighted by atomic mass is 16.5. The number of aryl methyl sites for hydroxylation is 3. The molecule has 0 aliphatic rings. The number of rotatable bonds is 4. The molecule has 2 amide bonds. The first-order valence-electron chi connectivity index (χ1n) is 7.46. The van der Waals surface area contributed by atoms with Gasteiger partial charge in [0.15, 0.2) is 0 Å². The molecule has 0 saturated carbocycles. The molecule has 2 rings (SSSR count). The van der Waals surface area contributed by atoms with Crippen molar-refractivity contribution >= 4 is 17.7 Å². The van der Waals surface area contributed by atoms with Crippen LogP contribution in [-0.2, 0) is 11.3 Å². The molecular weight excluding hydrogens is 310 g/mol. The first kappa shape index (κ1) is 17.5. The second-order valence-corrected chi connectivity index (χ2v) is 5.61. The van der Waals surface area contributed by atoms with Crippen LogP contribution < -0.4 is 5.32 Å². The van der Waals surface area contributed by atoms with Crippen LogP contribution in [0.15, 0.2) is 22.7 Å². The van der Waals surface area contributed by atoms with Crippen molar-refractivity contribution in [1.29, 1.82) is 0 Å². The van der Waals surface area contributed by atoms with Crippen molar-refractivity contribution in [2.45, 2.75) is 27.3 Å². The Bertz CT molecular complexity index is 748. The molecule has 0 aliphatic carbocycles. The van der Waals surface area contributed by atoms with Gasteiger partial charge in [-0.15, -0.1) is 0 Å². The second-order valence-electron chi connectivity index (χ2n) is 5.61. The molecule has 128 valence electrons. The molecule has 0 unspecified atom stereocenters. The van der Waals surface area contributed by atoms with E-state index in [9.17, 15) is 9.59 Å². The van der Waals surface area contributed by atoms with Crippen LogP contribution in [0.25, 0.3) is 0 Å². The quantitative estimate of drug-likeness (QED) is 0.870. The van der Waals surface area contributed by atoms with E-state index in [-0.39, 0.29) is 6.03 Å². The minimum absolute atomic E-state index is 0.292. The average Bonchev–Trinajstić information content (AvgIpc) is 2.87. The number of anilines is 1. The number of methoxy groups -OCH3 is 1. The van der Waals surface area contributed by atoms with Gasteiger partial charge in [0, 0.05) is 18.3 Å². The first-order chi connectivity index (χ1) is 11.3. The highest BCUT2D eigenvalue weighted by molar-refractivity contribution is 5.94. The van der Waals surface area contributed by atoms with Gasteiger partial charge < -0.3 is 19.5 Å². The summed E-state index contributed by atoms with van der Waals surface area (Å²) < 4.78 is 9.81. The van der Waals surface area contributed by atoms with Gasteiger partial charge >= 0.3 is 12.0 Å². The van der Waals surface area contributed by atoms with Crippen LogP contribution in [0.5, 0.6) is 0 Å². The highest BCUT2D eigenvalue weighted by Crippen LogP contribution is 2.19. The minimum Gasteiger partial charge on any atom is -0.465 e. The Balaban J connectivity index is 2.12. The Morgan fingerprint density at radius 3 is 2.58 bits per heavy atom. The van der Waals surface area contributed by atoms with Gasteiger partial charge in [-0.3, -0.25) is 0 Å². The molecule has 0 radical (unpaired) electrons. The highest BCUT2D eigenvalue weighted by Gasteiger charge is 2.17. The fourth-order valence-electron chi connectivity index (χ4n) is 2.25. The number of amides is 2. The van der Waals surface area contributed by atoms with E-state index >= 15 is 0 Å². The number of carbonyl (C=O) groups excluding carboxylic acids is 2. The molecule has 0 fully saturated rings. The summed E-state index contributed by atoms with van der Waals surface area (Å²) in [5.74, 6) is 0.241. The van der Waals surface area contributed by atoms with Gasteiger partial charge in [0.25, 0.3) is 0 Å². The lowest BCUT2D eigenvalue weighted by Gasteiger charge is -2.19. The molecule has 1 aromatic carbocycles. The third-order valence-electron chi connectivity index (χ3n) is 3.82. The molecule has 7 heteroatoms. The SMILES string of the molecule is COC(=O)c1ccc(C)c(NC(=O)N(C)Cc2c(C)noc2C)c1. The summed E-state index contributed by atoms with van der Waals surface area (Å²) in [5.41, 5.74) is 3.44. The van der Waals surface area contributed by atoms with Crippen LogP contribution in [0.2, 0.25) is 0 Å². The Morgan fingerprint density at radius 2 is 2.00 bits per heavy atom. The van der Waals surface area contributed by atoms with Crippen LogP contribution in [0.3, 0.4) is 0 Å². The summed E-state index contributed by atoms with van der Waals surface area (Å²) in [4.78, 5) is 25.6. The topological polar surface area (TPSA) is 84.7 Å². The number of benzene rings is 1. The van der Waals surface area contributed by atoms with Crippen LogP contribution in [0.1, 0.15) is 32.9 Å². The van der Waals surface area contributed by atoms with E-state index in [1.807, 2.05) is 20.8 Å². The predicted molar refractivity (Wildman–Crippen MR) is 89.0 cm³/mol. The fourth-order valence-corrected chi connectivity index (χ4v) is 2.25. The van der Waals surface area contributed by atoms with Gasteiger partial charge in [0.05, 0.1) is 24.9 Å². The van der Waals surface area contributed by atoms with Crippen LogP contribution >= 0.6 is 0 Å². The minimum atomic E-state index is -0.449. The molecule has 1 aromatic heterocycles. The normalized spacial score (nSPS) is 10.4. The van der Waals surface area contributed by atoms with E-state index in [1.54, 1.807) is 25.2 Å². The van der Waals surface area contributed by atoms with Gasteiger partial charge in [-0.1, -0.05) is 11.2 Å². The Hall–Kier alpha value is -2.83. The van der Waals surface area contributed by atoms with Crippen molar-refractivity contribution in [3.8, 4) is 0 Å². The first-order valence-corrected chi connectivity index (χ1v) is 7.46. The smallest absolute Gasteiger partial charge is 0.337 e. The summed E-state index contributed by atoms with van der Waals surface area (Å²) in [6.07, 6.45) is 0. The van der Waals surface area contributed by atoms with Crippen LogP contribution in [0.4, 0.5) is 10.5 Å². The maximum absolute atomic E-state index is 12.4. The fraction of sp³-hybridized carbons (Fsp3) is 0.353. The molecule has 0 bridgehead atoms. The van der Waals surface area contributed by atoms with E-state index < -0.39 is 5.97 Å². The molecular formula is C17H21N3O4. The largest absolute Gasteiger partial charge is 0.465 e. The summed E-state index contributed by atoms with van der Waals surface area (Å²) >= 11 is 0. The van der Waals surface area contributed by atoms with Gasteiger partial charge in [0.1, 0.15) is 5.76 Å². The lowest BCUT2D eigenvalue weighted by atomic mass is 10.1. The van der Waals surface area contributed by atoms with Crippen molar-refractivity contribution in [1.82, 2.24) is 10.1 Å². The van der Waals surface area contributed by atoms with Gasteiger partial charge in [-0.2, -0.15) is 0 Å². The maximum Gasteiger partial charge on any atom is 0.337 e. The van der Waals surface area contributed by atoms with Crippen LogP contribution in [0, 0.1) is 20.8 Å². The molecule has 24 heavy (non-hydrogen) atoms. The zero-order valence-corrected chi connectivity index (χ0v) is 14.5. The van der Waals surface area contributed by atoms with E-state index in [0.29, 0.717) is 23.6 Å². The van der Waals surface area contributed by atoms with E-state index in [1.165, 1.54) is 12.0 Å². The summed E-state index contributed by atoms with van der Waals surface area (Å²) in [5, 5.41) is 6.69. The summed E-state index contributed by atoms with van der Waals surface area (Å²) in [6.45, 7) is 5.88. The van der Waals surface area contributed by atoms with E-state index in [0.717, 1.165) is 16.8 Å². The number of hydrogen-bond donors (Lipinski definition) is 1. The standard InChI is InChI=1S/C17H21N3O4/c1-10-6-7-13(16(21)23-5)8-15(10)18-17(22)20(4)9-14-11(2)19-24-12(14)3/h6-8H,9H2,1-5H3,(H,18,22). The number of nitrogens with one attached hydrogen (secondary N) is 1. The zero-order chi connectivity index (χ0) is 17.9. The number of nitrogens with zero attached hydrogens (tertiary/aromatic N) is 2. The molecule has 0 aliphatic heterocycles. The number of ether oxygens (including phenoxy) is 1. The van der Waals surface area contributed by atoms with E-state index in [2.05, 4.69) is 10.5 Å². The molecule has 0 atom stereocenters. The number of aromatic nitrogens is 1. The zero-order valence-electron chi connectivity index (χ0n) is 14.5. The molecule has 7 nitrogen and oxygen atoms in total. The van der Waals surface area contributed by atoms with Gasteiger partial charge in [0.2, 0.25) is 0 Å². The Morgan fingerprint density at radius 1 is 1.29 bits per heavy atom. The molecule has 1 heterocycles. The average molecular weight is 331 g/mol. The molecule has 2 aromatic rings. The predicted octanol–water partition coefficient (Wildman–Crippen LogP) is 3.05. The Labute approximate surface area is 140 Å². The van der Waals surface area contributed by atoms with Gasteiger partial charge in [-0.05, 0) is 38.5 Å². The number of urea groups is 1. The summed E-state index contributed by atoms with van der Waals surface area (Å²) in [6, 6.07) is 4.73. The van der Waals surface area contributed by atoms with Crippen molar-refractivity contribution in [3.05, 3.63) is 46.3 Å². The van der Waals surface area contributed by atoms with Gasteiger partial charge in [-0.25, -0.2) is 9.59 Å². The molecule has 0 saturated heterocycles. The number of hydrogen-bond acceptors (Lipinski definition) is 5. The second kappa shape index (κ2) is 7.16. The molecule has 0 spiro atoms. The van der Waals surface area contributed by atoms with Crippen LogP contribution in [-0.4, -0.2) is 36.2 Å². The number of carbonyl (C=O) groups is 2. The maximum atomic E-state index is 12.4. The summed E-state index contributed by atoms with van der Waals surface area (Å²) in [7, 11) is 3.00. The van der Waals surface area contributed by atoms with Crippen molar-refractivity contribution in [2.75, 3.05) is 19.5 Å². The monoisotopic (exact) mass is 331 g/mol. The third kappa shape index (κ3) is 3.73. The van der Waals surface area contributed by atoms with E-state index in [4.69, 9.17) is 9.26 Å². The molecule has 1 N–H and O–H groups in total.